The summed E-state index contributed by atoms with van der Waals surface area (Å²) in [6, 6.07) is 9.44. The van der Waals surface area contributed by atoms with Crippen molar-refractivity contribution in [2.75, 3.05) is 0 Å². The second-order valence-electron chi connectivity index (χ2n) is 9.61. The van der Waals surface area contributed by atoms with Crippen LogP contribution in [0.1, 0.15) is 38.3 Å². The highest BCUT2D eigenvalue weighted by atomic mass is 19.4. The van der Waals surface area contributed by atoms with Gasteiger partial charge in [-0.2, -0.15) is 57.1 Å². The molecule has 2 aromatic carbocycles. The van der Waals surface area contributed by atoms with Crippen LogP contribution in [0.15, 0.2) is 54.6 Å². The molecular weight excluding hydrogens is 567 g/mol. The monoisotopic (exact) mass is 588 g/mol. The Morgan fingerprint density at radius 1 is 0.590 bits per heavy atom. The highest BCUT2D eigenvalue weighted by molar-refractivity contribution is 5.45. The molecule has 1 N–H and O–H groups in total. The van der Waals surface area contributed by atoms with E-state index in [2.05, 4.69) is 0 Å². The van der Waals surface area contributed by atoms with E-state index in [-0.39, 0.29) is 0 Å². The second kappa shape index (κ2) is 9.73. The zero-order valence-electron chi connectivity index (χ0n) is 20.2. The van der Waals surface area contributed by atoms with E-state index in [1.165, 1.54) is 32.9 Å². The van der Waals surface area contributed by atoms with Gasteiger partial charge in [-0.1, -0.05) is 48.5 Å². The summed E-state index contributed by atoms with van der Waals surface area (Å²) >= 11 is 0. The molecule has 0 radical (unpaired) electrons. The summed E-state index contributed by atoms with van der Waals surface area (Å²) in [5.74, 6) is -38.4. The van der Waals surface area contributed by atoms with Gasteiger partial charge in [0.2, 0.25) is 0 Å². The molecule has 0 aromatic heterocycles. The standard InChI is InChI=1S/C24H21F13O2/c1-17(2,3)39-16-12-8-7-11-15(16)18(38,14-9-5-4-6-10-14)13-19(25,26)20(27,28)21(29,30)22(31,32)23(33,34)24(35,36)37/h4-12,38H,13H2,1-3H3. The van der Waals surface area contributed by atoms with E-state index in [1.807, 2.05) is 0 Å². The highest BCUT2D eigenvalue weighted by Gasteiger charge is 2.90. The first-order valence-corrected chi connectivity index (χ1v) is 10.8. The number of para-hydroxylation sites is 1. The van der Waals surface area contributed by atoms with Crippen LogP contribution in [0.3, 0.4) is 0 Å². The maximum absolute atomic E-state index is 15.0. The number of hydrogen-bond donors (Lipinski definition) is 1. The maximum atomic E-state index is 15.0. The van der Waals surface area contributed by atoms with Gasteiger partial charge in [0, 0.05) is 5.56 Å². The van der Waals surface area contributed by atoms with Crippen LogP contribution in [0.2, 0.25) is 0 Å². The lowest BCUT2D eigenvalue weighted by molar-refractivity contribution is -0.441. The lowest BCUT2D eigenvalue weighted by atomic mass is 9.78. The third kappa shape index (κ3) is 5.50. The molecule has 1 atom stereocenters. The van der Waals surface area contributed by atoms with Crippen molar-refractivity contribution in [3.8, 4) is 5.75 Å². The topological polar surface area (TPSA) is 29.5 Å². The normalized spacial score (nSPS) is 16.1. The molecule has 2 nitrogen and oxygen atoms in total. The van der Waals surface area contributed by atoms with Crippen molar-refractivity contribution in [2.24, 2.45) is 0 Å². The van der Waals surface area contributed by atoms with Crippen LogP contribution >= 0.6 is 0 Å². The molecular formula is C24H21F13O2. The molecule has 2 aromatic rings. The summed E-state index contributed by atoms with van der Waals surface area (Å²) in [6.07, 6.45) is -10.4. The summed E-state index contributed by atoms with van der Waals surface area (Å²) < 4.78 is 184. The molecule has 0 aliphatic carbocycles. The zero-order valence-corrected chi connectivity index (χ0v) is 20.2. The molecule has 0 aliphatic rings. The quantitative estimate of drug-likeness (QED) is 0.299. The van der Waals surface area contributed by atoms with E-state index in [0.717, 1.165) is 42.5 Å². The van der Waals surface area contributed by atoms with Crippen LogP contribution in [0.4, 0.5) is 57.1 Å². The van der Waals surface area contributed by atoms with Crippen LogP contribution in [0, 0.1) is 0 Å². The minimum absolute atomic E-state index is 0.448. The molecule has 0 amide bonds. The minimum Gasteiger partial charge on any atom is -0.488 e. The Labute approximate surface area is 213 Å². The van der Waals surface area contributed by atoms with Crippen molar-refractivity contribution >= 4 is 0 Å². The molecule has 0 aliphatic heterocycles. The van der Waals surface area contributed by atoms with Crippen molar-refractivity contribution in [3.63, 3.8) is 0 Å². The van der Waals surface area contributed by atoms with Crippen molar-refractivity contribution in [1.82, 2.24) is 0 Å². The third-order valence-corrected chi connectivity index (χ3v) is 5.48. The molecule has 220 valence electrons. The van der Waals surface area contributed by atoms with Crippen molar-refractivity contribution in [3.05, 3.63) is 65.7 Å². The van der Waals surface area contributed by atoms with E-state index in [4.69, 9.17) is 4.74 Å². The zero-order chi connectivity index (χ0) is 30.5. The predicted octanol–water partition coefficient (Wildman–Crippen LogP) is 8.23. The number of hydrogen-bond acceptors (Lipinski definition) is 2. The molecule has 15 heteroatoms. The van der Waals surface area contributed by atoms with Crippen LogP contribution in [0.25, 0.3) is 0 Å². The summed E-state index contributed by atoms with van der Waals surface area (Å²) in [7, 11) is 0. The Morgan fingerprint density at radius 2 is 1.03 bits per heavy atom. The SMILES string of the molecule is CC(C)(C)Oc1ccccc1C(O)(CC(F)(F)C(F)(F)C(F)(F)C(F)(F)C(F)(F)C(F)(F)F)c1ccccc1. The Balaban J connectivity index is 2.76. The average molecular weight is 588 g/mol. The summed E-state index contributed by atoms with van der Waals surface area (Å²) in [5.41, 5.74) is -6.01. The average Bonchev–Trinajstić information content (AvgIpc) is 2.77. The third-order valence-electron chi connectivity index (χ3n) is 5.48. The molecule has 0 bridgehead atoms. The molecule has 0 heterocycles. The number of rotatable bonds is 9. The van der Waals surface area contributed by atoms with E-state index >= 15 is 0 Å². The van der Waals surface area contributed by atoms with Gasteiger partial charge >= 0.3 is 35.8 Å². The number of halogens is 13. The molecule has 0 fully saturated rings. The van der Waals surface area contributed by atoms with Gasteiger partial charge in [0.1, 0.15) is 17.0 Å². The summed E-state index contributed by atoms with van der Waals surface area (Å²) in [5, 5.41) is 11.3. The van der Waals surface area contributed by atoms with Gasteiger partial charge in [0.05, 0.1) is 6.42 Å². The van der Waals surface area contributed by atoms with E-state index in [0.29, 0.717) is 0 Å². The first kappa shape index (κ1) is 32.5. The fourth-order valence-electron chi connectivity index (χ4n) is 3.53. The van der Waals surface area contributed by atoms with Gasteiger partial charge in [-0.05, 0) is 32.4 Å². The molecule has 39 heavy (non-hydrogen) atoms. The Bertz CT molecular complexity index is 1140. The smallest absolute Gasteiger partial charge is 0.460 e. The van der Waals surface area contributed by atoms with Crippen molar-refractivity contribution in [2.45, 2.75) is 74.2 Å². The van der Waals surface area contributed by atoms with Gasteiger partial charge in [0.25, 0.3) is 0 Å². The predicted molar refractivity (Wildman–Crippen MR) is 112 cm³/mol. The highest BCUT2D eigenvalue weighted by Crippen LogP contribution is 2.62. The molecule has 0 saturated carbocycles. The number of aliphatic hydroxyl groups is 1. The van der Waals surface area contributed by atoms with E-state index in [1.54, 1.807) is 0 Å². The number of benzene rings is 2. The molecule has 1 unspecified atom stereocenters. The van der Waals surface area contributed by atoms with Crippen LogP contribution < -0.4 is 4.74 Å². The Morgan fingerprint density at radius 3 is 1.49 bits per heavy atom. The van der Waals surface area contributed by atoms with E-state index in [9.17, 15) is 62.2 Å². The second-order valence-corrected chi connectivity index (χ2v) is 9.61. The van der Waals surface area contributed by atoms with Crippen molar-refractivity contribution < 1.29 is 66.9 Å². The lowest BCUT2D eigenvalue weighted by Gasteiger charge is -2.42. The van der Waals surface area contributed by atoms with Gasteiger partial charge in [-0.15, -0.1) is 0 Å². The molecule has 0 spiro atoms. The fraction of sp³-hybridized carbons (Fsp3) is 0.500. The van der Waals surface area contributed by atoms with Gasteiger partial charge in [0.15, 0.2) is 0 Å². The van der Waals surface area contributed by atoms with Gasteiger partial charge in [-0.3, -0.25) is 0 Å². The van der Waals surface area contributed by atoms with Crippen LogP contribution in [-0.2, 0) is 5.60 Å². The minimum atomic E-state index is -8.04. The first-order chi connectivity index (χ1) is 17.3. The van der Waals surface area contributed by atoms with Crippen LogP contribution in [0.5, 0.6) is 5.75 Å². The van der Waals surface area contributed by atoms with Crippen LogP contribution in [-0.4, -0.2) is 46.5 Å². The number of alkyl halides is 13. The Kier molecular flexibility index (Phi) is 8.11. The van der Waals surface area contributed by atoms with Gasteiger partial charge in [-0.25, -0.2) is 0 Å². The molecule has 0 saturated heterocycles. The molecule has 2 rings (SSSR count). The van der Waals surface area contributed by atoms with Crippen molar-refractivity contribution in [1.29, 1.82) is 0 Å². The first-order valence-electron chi connectivity index (χ1n) is 10.8. The van der Waals surface area contributed by atoms with Gasteiger partial charge < -0.3 is 9.84 Å². The maximum Gasteiger partial charge on any atom is 0.460 e. The largest absolute Gasteiger partial charge is 0.488 e. The summed E-state index contributed by atoms with van der Waals surface area (Å²) in [4.78, 5) is 0. The lowest BCUT2D eigenvalue weighted by Crippen LogP contribution is -2.70. The number of ether oxygens (including phenoxy) is 1. The fourth-order valence-corrected chi connectivity index (χ4v) is 3.53. The Hall–Kier alpha value is -2.71. The summed E-state index contributed by atoms with van der Waals surface area (Å²) in [6.45, 7) is 4.33. The van der Waals surface area contributed by atoms with E-state index < -0.39 is 70.3 Å².